The molecule has 4 heteroatoms. The molecule has 0 bridgehead atoms. The smallest absolute Gasteiger partial charge is 0.163 e. The molecule has 5 rings (SSSR count). The van der Waals surface area contributed by atoms with Crippen LogP contribution in [0.1, 0.15) is 11.6 Å². The third kappa shape index (κ3) is 3.55. The van der Waals surface area contributed by atoms with Crippen LogP contribution in [0.15, 0.2) is 84.9 Å². The quantitative estimate of drug-likeness (QED) is 0.378. The first kappa shape index (κ1) is 18.1. The fourth-order valence-corrected chi connectivity index (χ4v) is 3.64. The summed E-state index contributed by atoms with van der Waals surface area (Å²) >= 11 is 0. The van der Waals surface area contributed by atoms with Gasteiger partial charge in [-0.15, -0.1) is 0 Å². The first-order valence-corrected chi connectivity index (χ1v) is 9.92. The Hall–Kier alpha value is -3.92. The van der Waals surface area contributed by atoms with Crippen LogP contribution in [0.5, 0.6) is 0 Å². The topological polar surface area (TPSA) is 51.6 Å². The van der Waals surface area contributed by atoms with Crippen LogP contribution >= 0.6 is 0 Å². The van der Waals surface area contributed by atoms with Gasteiger partial charge < -0.3 is 0 Å². The molecule has 0 aliphatic carbocycles. The molecule has 0 amide bonds. The highest BCUT2D eigenvalue weighted by molar-refractivity contribution is 5.82. The molecule has 30 heavy (non-hydrogen) atoms. The van der Waals surface area contributed by atoms with E-state index in [9.17, 15) is 0 Å². The summed E-state index contributed by atoms with van der Waals surface area (Å²) in [6, 6.07) is 29.2. The summed E-state index contributed by atoms with van der Waals surface area (Å²) in [5.74, 6) is 2.17. The zero-order valence-electron chi connectivity index (χ0n) is 16.9. The Kier molecular flexibility index (Phi) is 4.52. The predicted molar refractivity (Wildman–Crippen MR) is 121 cm³/mol. The van der Waals surface area contributed by atoms with E-state index in [1.807, 2.05) is 44.2 Å². The molecule has 4 nitrogen and oxygen atoms in total. The van der Waals surface area contributed by atoms with Gasteiger partial charge in [-0.2, -0.15) is 0 Å². The lowest BCUT2D eigenvalue weighted by Gasteiger charge is -2.08. The first-order chi connectivity index (χ1) is 14.7. The van der Waals surface area contributed by atoms with Crippen molar-refractivity contribution in [3.8, 4) is 33.8 Å². The van der Waals surface area contributed by atoms with Crippen molar-refractivity contribution in [2.45, 2.75) is 13.8 Å². The van der Waals surface area contributed by atoms with Gasteiger partial charge >= 0.3 is 0 Å². The number of nitrogens with zero attached hydrogens (tertiary/aromatic N) is 4. The summed E-state index contributed by atoms with van der Waals surface area (Å²) in [6.07, 6.45) is 0. The Bertz CT molecular complexity index is 1340. The maximum atomic E-state index is 4.80. The summed E-state index contributed by atoms with van der Waals surface area (Å²) in [5, 5.41) is 1.15. The number of pyridine rings is 1. The molecule has 0 unspecified atom stereocenters. The Labute approximate surface area is 175 Å². The zero-order chi connectivity index (χ0) is 20.5. The van der Waals surface area contributed by atoms with Gasteiger partial charge in [0.1, 0.15) is 11.6 Å². The van der Waals surface area contributed by atoms with Crippen LogP contribution in [0.25, 0.3) is 44.7 Å². The number of fused-ring (bicyclic) bond motifs is 1. The Morgan fingerprint density at radius 2 is 1.20 bits per heavy atom. The van der Waals surface area contributed by atoms with Crippen molar-refractivity contribution in [2.75, 3.05) is 0 Å². The van der Waals surface area contributed by atoms with Gasteiger partial charge in [0, 0.05) is 16.5 Å². The number of hydrogen-bond donors (Lipinski definition) is 0. The molecule has 2 heterocycles. The molecular weight excluding hydrogens is 368 g/mol. The third-order valence-electron chi connectivity index (χ3n) is 5.09. The van der Waals surface area contributed by atoms with Gasteiger partial charge in [-0.1, -0.05) is 66.7 Å². The molecule has 5 aromatic rings. The van der Waals surface area contributed by atoms with Gasteiger partial charge in [0.05, 0.1) is 11.2 Å². The van der Waals surface area contributed by atoms with E-state index in [0.29, 0.717) is 5.82 Å². The average Bonchev–Trinajstić information content (AvgIpc) is 2.78. The van der Waals surface area contributed by atoms with Gasteiger partial charge in [-0.25, -0.2) is 19.9 Å². The van der Waals surface area contributed by atoms with Gasteiger partial charge in [-0.3, -0.25) is 0 Å². The van der Waals surface area contributed by atoms with Gasteiger partial charge in [0.25, 0.3) is 0 Å². The number of rotatable bonds is 3. The lowest BCUT2D eigenvalue weighted by atomic mass is 10.0. The largest absolute Gasteiger partial charge is 0.248 e. The third-order valence-corrected chi connectivity index (χ3v) is 5.09. The van der Waals surface area contributed by atoms with Gasteiger partial charge in [0.15, 0.2) is 5.82 Å². The highest BCUT2D eigenvalue weighted by Gasteiger charge is 2.07. The molecule has 0 aliphatic heterocycles. The minimum absolute atomic E-state index is 0.707. The van der Waals surface area contributed by atoms with E-state index in [1.165, 1.54) is 0 Å². The fourth-order valence-electron chi connectivity index (χ4n) is 3.64. The molecule has 0 radical (unpaired) electrons. The molecule has 0 N–H and O–H groups in total. The van der Waals surface area contributed by atoms with E-state index in [1.54, 1.807) is 0 Å². The van der Waals surface area contributed by atoms with E-state index < -0.39 is 0 Å². The molecule has 2 aromatic heterocycles. The summed E-state index contributed by atoms with van der Waals surface area (Å²) in [6.45, 7) is 3.78. The zero-order valence-corrected chi connectivity index (χ0v) is 16.9. The van der Waals surface area contributed by atoms with Crippen LogP contribution in [-0.4, -0.2) is 19.9 Å². The molecule has 0 saturated carbocycles. The van der Waals surface area contributed by atoms with E-state index in [4.69, 9.17) is 4.98 Å². The van der Waals surface area contributed by atoms with Crippen LogP contribution in [-0.2, 0) is 0 Å². The van der Waals surface area contributed by atoms with Crippen molar-refractivity contribution < 1.29 is 0 Å². The molecule has 144 valence electrons. The van der Waals surface area contributed by atoms with Crippen molar-refractivity contribution in [3.05, 3.63) is 96.6 Å². The lowest BCUT2D eigenvalue weighted by Crippen LogP contribution is -1.98. The van der Waals surface area contributed by atoms with Crippen molar-refractivity contribution in [3.63, 3.8) is 0 Å². The van der Waals surface area contributed by atoms with E-state index in [2.05, 4.69) is 69.5 Å². The Morgan fingerprint density at radius 3 is 2.00 bits per heavy atom. The Morgan fingerprint density at radius 1 is 0.500 bits per heavy atom. The first-order valence-electron chi connectivity index (χ1n) is 9.92. The fraction of sp³-hybridized carbons (Fsp3) is 0.0769. The van der Waals surface area contributed by atoms with E-state index in [-0.39, 0.29) is 0 Å². The molecular formula is C26H20N4. The standard InChI is InChI=1S/C26H20N4/c1-17-27-18(2)29-26(28-17)23-8-5-7-22(16-23)19-10-12-21(13-11-19)25-15-14-20-6-3-4-9-24(20)30-25/h3-16H,1-2H3. The monoisotopic (exact) mass is 388 g/mol. The second kappa shape index (κ2) is 7.48. The van der Waals surface area contributed by atoms with Crippen molar-refractivity contribution in [1.82, 2.24) is 19.9 Å². The highest BCUT2D eigenvalue weighted by Crippen LogP contribution is 2.28. The van der Waals surface area contributed by atoms with E-state index >= 15 is 0 Å². The SMILES string of the molecule is Cc1nc(C)nc(-c2cccc(-c3ccc(-c4ccc5ccccc5n4)cc3)c2)n1. The van der Waals surface area contributed by atoms with Crippen LogP contribution in [0.3, 0.4) is 0 Å². The van der Waals surface area contributed by atoms with Crippen LogP contribution in [0, 0.1) is 13.8 Å². The summed E-state index contributed by atoms with van der Waals surface area (Å²) in [7, 11) is 0. The van der Waals surface area contributed by atoms with Crippen molar-refractivity contribution >= 4 is 10.9 Å². The number of hydrogen-bond acceptors (Lipinski definition) is 4. The van der Waals surface area contributed by atoms with E-state index in [0.717, 1.165) is 50.5 Å². The maximum Gasteiger partial charge on any atom is 0.163 e. The number of aryl methyl sites for hydroxylation is 2. The number of para-hydroxylation sites is 1. The predicted octanol–water partition coefficient (Wildman–Crippen LogP) is 6.04. The summed E-state index contributed by atoms with van der Waals surface area (Å²) in [5.41, 5.74) is 6.34. The highest BCUT2D eigenvalue weighted by atomic mass is 15.0. The summed E-state index contributed by atoms with van der Waals surface area (Å²) < 4.78 is 0. The average molecular weight is 388 g/mol. The lowest BCUT2D eigenvalue weighted by molar-refractivity contribution is 0.928. The minimum atomic E-state index is 0.707. The molecule has 3 aromatic carbocycles. The minimum Gasteiger partial charge on any atom is -0.248 e. The normalized spacial score (nSPS) is 11.0. The molecule has 0 fully saturated rings. The van der Waals surface area contributed by atoms with Gasteiger partial charge in [0.2, 0.25) is 0 Å². The number of aromatic nitrogens is 4. The molecule has 0 atom stereocenters. The van der Waals surface area contributed by atoms with Crippen molar-refractivity contribution in [2.24, 2.45) is 0 Å². The van der Waals surface area contributed by atoms with Crippen LogP contribution in [0.2, 0.25) is 0 Å². The Balaban J connectivity index is 1.48. The maximum absolute atomic E-state index is 4.80. The second-order valence-electron chi connectivity index (χ2n) is 7.30. The van der Waals surface area contributed by atoms with Crippen LogP contribution < -0.4 is 0 Å². The van der Waals surface area contributed by atoms with Crippen LogP contribution in [0.4, 0.5) is 0 Å². The second-order valence-corrected chi connectivity index (χ2v) is 7.30. The molecule has 0 spiro atoms. The molecule has 0 saturated heterocycles. The van der Waals surface area contributed by atoms with Crippen molar-refractivity contribution in [1.29, 1.82) is 0 Å². The summed E-state index contributed by atoms with van der Waals surface area (Å²) in [4.78, 5) is 18.0. The van der Waals surface area contributed by atoms with Gasteiger partial charge in [-0.05, 0) is 43.2 Å². The molecule has 0 aliphatic rings. The number of benzene rings is 3.